The van der Waals surface area contributed by atoms with Gasteiger partial charge < -0.3 is 5.32 Å². The van der Waals surface area contributed by atoms with E-state index in [0.717, 1.165) is 36.1 Å². The molecule has 1 N–H and O–H groups in total. The van der Waals surface area contributed by atoms with E-state index in [1.807, 2.05) is 18.2 Å². The van der Waals surface area contributed by atoms with Gasteiger partial charge in [0.05, 0.1) is 11.8 Å². The predicted molar refractivity (Wildman–Crippen MR) is 110 cm³/mol. The number of anilines is 1. The van der Waals surface area contributed by atoms with Crippen LogP contribution in [0.25, 0.3) is 0 Å². The fraction of sp³-hybridized carbons (Fsp3) is 0.542. The summed E-state index contributed by atoms with van der Waals surface area (Å²) in [6.07, 6.45) is 7.34. The van der Waals surface area contributed by atoms with Gasteiger partial charge in [-0.05, 0) is 54.1 Å². The monoisotopic (exact) mass is 392 g/mol. The van der Waals surface area contributed by atoms with Crippen molar-refractivity contribution in [1.29, 1.82) is 0 Å². The minimum absolute atomic E-state index is 0.0549. The van der Waals surface area contributed by atoms with Crippen molar-refractivity contribution in [3.63, 3.8) is 0 Å². The van der Waals surface area contributed by atoms with Gasteiger partial charge in [0.1, 0.15) is 0 Å². The van der Waals surface area contributed by atoms with Crippen molar-refractivity contribution in [3.05, 3.63) is 41.5 Å². The number of hydrogen-bond acceptors (Lipinski definition) is 3. The summed E-state index contributed by atoms with van der Waals surface area (Å²) in [5.41, 5.74) is 3.11. The number of amides is 3. The Morgan fingerprint density at radius 1 is 1.00 bits per heavy atom. The lowest BCUT2D eigenvalue weighted by Crippen LogP contribution is -2.40. The quantitative estimate of drug-likeness (QED) is 0.597. The number of para-hydroxylation sites is 1. The number of nitrogens with zero attached hydrogens (tertiary/aromatic N) is 1. The lowest BCUT2D eigenvalue weighted by atomic mass is 9.63. The third-order valence-electron chi connectivity index (χ3n) is 7.58. The molecule has 152 valence electrons. The molecule has 1 heterocycles. The molecule has 0 unspecified atom stereocenters. The van der Waals surface area contributed by atoms with Crippen LogP contribution in [0.3, 0.4) is 0 Å². The second kappa shape index (κ2) is 6.82. The van der Waals surface area contributed by atoms with Crippen molar-refractivity contribution >= 4 is 23.4 Å². The zero-order valence-corrected chi connectivity index (χ0v) is 17.1. The molecule has 6 rings (SSSR count). The largest absolute Gasteiger partial charge is 0.326 e. The molecule has 0 aromatic heterocycles. The molecule has 0 spiro atoms. The first-order chi connectivity index (χ1) is 14.0. The van der Waals surface area contributed by atoms with E-state index >= 15 is 0 Å². The van der Waals surface area contributed by atoms with Crippen molar-refractivity contribution in [2.24, 2.45) is 35.5 Å². The maximum absolute atomic E-state index is 13.0. The number of carbonyl (C=O) groups excluding carboxylic acids is 3. The molecule has 4 aliphatic carbocycles. The number of aryl methyl sites for hydroxylation is 2. The number of benzene rings is 1. The minimum Gasteiger partial charge on any atom is -0.326 e. The lowest BCUT2D eigenvalue weighted by molar-refractivity contribution is -0.140. The molecule has 1 aromatic carbocycles. The van der Waals surface area contributed by atoms with Crippen molar-refractivity contribution in [3.8, 4) is 0 Å². The highest BCUT2D eigenvalue weighted by atomic mass is 16.2. The van der Waals surface area contributed by atoms with E-state index < -0.39 is 0 Å². The number of likely N-dealkylation sites (tertiary alicyclic amines) is 1. The smallest absolute Gasteiger partial charge is 0.233 e. The first-order valence-electron chi connectivity index (χ1n) is 11.0. The minimum atomic E-state index is -0.183. The van der Waals surface area contributed by atoms with Gasteiger partial charge in [-0.15, -0.1) is 0 Å². The molecule has 5 heteroatoms. The van der Waals surface area contributed by atoms with E-state index in [-0.39, 0.29) is 54.4 Å². The van der Waals surface area contributed by atoms with Crippen LogP contribution in [0.2, 0.25) is 0 Å². The molecule has 5 nitrogen and oxygen atoms in total. The normalized spacial score (nSPS) is 33.7. The molecule has 2 saturated carbocycles. The number of hydrogen-bond donors (Lipinski definition) is 1. The highest BCUT2D eigenvalue weighted by Crippen LogP contribution is 2.65. The Kier molecular flexibility index (Phi) is 4.37. The van der Waals surface area contributed by atoms with Gasteiger partial charge in [0.25, 0.3) is 0 Å². The topological polar surface area (TPSA) is 66.5 Å². The average Bonchev–Trinajstić information content (AvgIpc) is 3.51. The average molecular weight is 392 g/mol. The van der Waals surface area contributed by atoms with E-state index in [0.29, 0.717) is 11.8 Å². The van der Waals surface area contributed by atoms with Crippen LogP contribution in [-0.4, -0.2) is 29.2 Å². The van der Waals surface area contributed by atoms with E-state index in [1.54, 1.807) is 0 Å². The van der Waals surface area contributed by atoms with Crippen LogP contribution in [0, 0.1) is 35.5 Å². The molecule has 1 aromatic rings. The van der Waals surface area contributed by atoms with Gasteiger partial charge in [-0.1, -0.05) is 44.2 Å². The van der Waals surface area contributed by atoms with Crippen LogP contribution >= 0.6 is 0 Å². The van der Waals surface area contributed by atoms with Gasteiger partial charge in [-0.2, -0.15) is 0 Å². The maximum atomic E-state index is 13.0. The van der Waals surface area contributed by atoms with Gasteiger partial charge in [0, 0.05) is 18.7 Å². The van der Waals surface area contributed by atoms with Crippen molar-refractivity contribution in [1.82, 2.24) is 4.90 Å². The summed E-state index contributed by atoms with van der Waals surface area (Å²) in [6.45, 7) is 4.32. The van der Waals surface area contributed by atoms with Gasteiger partial charge >= 0.3 is 0 Å². The van der Waals surface area contributed by atoms with Crippen LogP contribution < -0.4 is 5.32 Å². The molecule has 2 bridgehead atoms. The summed E-state index contributed by atoms with van der Waals surface area (Å²) in [5.74, 6) is 1.05. The summed E-state index contributed by atoms with van der Waals surface area (Å²) in [5, 5.41) is 3.04. The Morgan fingerprint density at radius 2 is 1.55 bits per heavy atom. The van der Waals surface area contributed by atoms with E-state index in [2.05, 4.69) is 31.3 Å². The Hall–Kier alpha value is -2.43. The first kappa shape index (κ1) is 18.6. The van der Waals surface area contributed by atoms with E-state index in [1.165, 1.54) is 4.90 Å². The van der Waals surface area contributed by atoms with Gasteiger partial charge in [0.15, 0.2) is 0 Å². The van der Waals surface area contributed by atoms with Crippen molar-refractivity contribution < 1.29 is 14.4 Å². The Labute approximate surface area is 171 Å². The molecular formula is C24H28N2O3. The first-order valence-corrected chi connectivity index (χ1v) is 11.0. The van der Waals surface area contributed by atoms with Crippen molar-refractivity contribution in [2.45, 2.75) is 39.5 Å². The number of carbonyl (C=O) groups is 3. The third kappa shape index (κ3) is 2.77. The number of imide groups is 1. The highest BCUT2D eigenvalue weighted by molar-refractivity contribution is 6.06. The number of nitrogens with one attached hydrogen (secondary N) is 1. The SMILES string of the molecule is CCc1cccc(CC)c1NC(=O)CCN1C(=O)[C@@H]2[C@H]3C=C[C@@H]([C@@H]4C[C@@H]34)[C@H]2C1=O. The fourth-order valence-electron chi connectivity index (χ4n) is 6.06. The summed E-state index contributed by atoms with van der Waals surface area (Å²) < 4.78 is 0. The zero-order valence-electron chi connectivity index (χ0n) is 17.1. The summed E-state index contributed by atoms with van der Waals surface area (Å²) in [6, 6.07) is 6.08. The van der Waals surface area contributed by atoms with Crippen LogP contribution in [0.4, 0.5) is 5.69 Å². The molecule has 3 amide bonds. The van der Waals surface area contributed by atoms with Gasteiger partial charge in [0.2, 0.25) is 17.7 Å². The molecule has 1 aliphatic heterocycles. The highest BCUT2D eigenvalue weighted by Gasteiger charge is 2.66. The lowest BCUT2D eigenvalue weighted by Gasteiger charge is -2.37. The molecule has 5 aliphatic rings. The molecule has 29 heavy (non-hydrogen) atoms. The number of rotatable bonds is 6. The molecular weight excluding hydrogens is 364 g/mol. The second-order valence-corrected chi connectivity index (χ2v) is 8.94. The second-order valence-electron chi connectivity index (χ2n) is 8.94. The van der Waals surface area contributed by atoms with E-state index in [4.69, 9.17) is 0 Å². The Balaban J connectivity index is 1.26. The zero-order chi connectivity index (χ0) is 20.3. The number of allylic oxidation sites excluding steroid dienone is 2. The Bertz CT molecular complexity index is 862. The van der Waals surface area contributed by atoms with Crippen LogP contribution in [-0.2, 0) is 27.2 Å². The van der Waals surface area contributed by atoms with E-state index in [9.17, 15) is 14.4 Å². The Morgan fingerprint density at radius 3 is 2.07 bits per heavy atom. The van der Waals surface area contributed by atoms with Crippen molar-refractivity contribution in [2.75, 3.05) is 11.9 Å². The standard InChI is InChI=1S/C24H28N2O3/c1-3-13-6-5-7-14(4-2)22(13)25-19(27)10-11-26-23(28)20-15-8-9-16(18-12-17(15)18)21(20)24(26)29/h5-9,15-18,20-21H,3-4,10-12H2,1-2H3,(H,25,27)/t15-,16-,17-,18-,20+,21+/m0/s1. The van der Waals surface area contributed by atoms with Crippen LogP contribution in [0.15, 0.2) is 30.4 Å². The molecule has 3 fully saturated rings. The summed E-state index contributed by atoms with van der Waals surface area (Å²) in [7, 11) is 0. The predicted octanol–water partition coefficient (Wildman–Crippen LogP) is 3.19. The summed E-state index contributed by atoms with van der Waals surface area (Å²) >= 11 is 0. The molecule has 0 radical (unpaired) electrons. The molecule has 1 saturated heterocycles. The molecule has 6 atom stereocenters. The fourth-order valence-corrected chi connectivity index (χ4v) is 6.06. The van der Waals surface area contributed by atoms with Crippen LogP contribution in [0.5, 0.6) is 0 Å². The summed E-state index contributed by atoms with van der Waals surface area (Å²) in [4.78, 5) is 40.1. The van der Waals surface area contributed by atoms with Gasteiger partial charge in [-0.25, -0.2) is 0 Å². The van der Waals surface area contributed by atoms with Gasteiger partial charge in [-0.3, -0.25) is 19.3 Å². The maximum Gasteiger partial charge on any atom is 0.233 e. The van der Waals surface area contributed by atoms with Crippen LogP contribution in [0.1, 0.15) is 37.8 Å². The third-order valence-corrected chi connectivity index (χ3v) is 7.58.